The number of carbonyl (C=O) groups is 2. The van der Waals surface area contributed by atoms with Gasteiger partial charge in [0.15, 0.2) is 0 Å². The molecule has 1 saturated carbocycles. The SMILES string of the molecule is CC(C)c1ccc2c(c1)CC[C@@H]1[C@@](C)(CNC(=O)[C@H]3[C@@H](CO)N(Cc4ccccc4)C(=O)N3Cc3ccccc3)CCC[C@@]21C. The number of nitrogens with one attached hydrogen (secondary N) is 1. The molecular formula is C39H49N3O3. The summed E-state index contributed by atoms with van der Waals surface area (Å²) in [6, 6.07) is 25.1. The van der Waals surface area contributed by atoms with Crippen LogP contribution < -0.4 is 5.32 Å². The molecule has 1 saturated heterocycles. The van der Waals surface area contributed by atoms with Gasteiger partial charge in [0.1, 0.15) is 6.04 Å². The summed E-state index contributed by atoms with van der Waals surface area (Å²) in [5.41, 5.74) is 6.33. The first-order chi connectivity index (χ1) is 21.6. The molecule has 3 aromatic carbocycles. The van der Waals surface area contributed by atoms with Crippen LogP contribution in [0.1, 0.15) is 87.1 Å². The van der Waals surface area contributed by atoms with Gasteiger partial charge in [-0.3, -0.25) is 4.79 Å². The van der Waals surface area contributed by atoms with Gasteiger partial charge in [-0.05, 0) is 76.2 Å². The highest BCUT2D eigenvalue weighted by atomic mass is 16.3. The normalized spacial score (nSPS) is 27.8. The molecule has 0 bridgehead atoms. The lowest BCUT2D eigenvalue weighted by Crippen LogP contribution is -2.56. The van der Waals surface area contributed by atoms with Gasteiger partial charge in [-0.25, -0.2) is 4.79 Å². The minimum Gasteiger partial charge on any atom is -0.394 e. The van der Waals surface area contributed by atoms with Gasteiger partial charge in [0, 0.05) is 19.6 Å². The van der Waals surface area contributed by atoms with Crippen molar-refractivity contribution < 1.29 is 14.7 Å². The second kappa shape index (κ2) is 12.6. The molecule has 3 amide bonds. The number of carbonyl (C=O) groups excluding carboxylic acids is 2. The van der Waals surface area contributed by atoms with Crippen LogP contribution in [0.5, 0.6) is 0 Å². The summed E-state index contributed by atoms with van der Waals surface area (Å²) in [5.74, 6) is 0.786. The summed E-state index contributed by atoms with van der Waals surface area (Å²) in [4.78, 5) is 31.5. The Balaban J connectivity index is 1.24. The van der Waals surface area contributed by atoms with Gasteiger partial charge in [0.2, 0.25) is 5.91 Å². The summed E-state index contributed by atoms with van der Waals surface area (Å²) in [6.45, 7) is 10.3. The number of benzene rings is 3. The van der Waals surface area contributed by atoms with Crippen LogP contribution in [0.2, 0.25) is 0 Å². The lowest BCUT2D eigenvalue weighted by Gasteiger charge is -2.55. The van der Waals surface area contributed by atoms with Gasteiger partial charge in [0.25, 0.3) is 0 Å². The van der Waals surface area contributed by atoms with E-state index in [-0.39, 0.29) is 29.4 Å². The number of fused-ring (bicyclic) bond motifs is 3. The molecule has 5 atom stereocenters. The number of hydrogen-bond acceptors (Lipinski definition) is 3. The van der Waals surface area contributed by atoms with E-state index in [1.165, 1.54) is 16.7 Å². The van der Waals surface area contributed by atoms with Crippen molar-refractivity contribution in [3.05, 3.63) is 107 Å². The molecule has 6 heteroatoms. The van der Waals surface area contributed by atoms with Crippen molar-refractivity contribution >= 4 is 11.9 Å². The van der Waals surface area contributed by atoms with Gasteiger partial charge >= 0.3 is 6.03 Å². The van der Waals surface area contributed by atoms with E-state index in [4.69, 9.17) is 0 Å². The maximum absolute atomic E-state index is 14.2. The second-order valence-electron chi connectivity index (χ2n) is 14.5. The molecule has 2 N–H and O–H groups in total. The maximum atomic E-state index is 14.2. The van der Waals surface area contributed by atoms with Crippen LogP contribution in [-0.4, -0.2) is 52.1 Å². The number of hydrogen-bond donors (Lipinski definition) is 2. The largest absolute Gasteiger partial charge is 0.394 e. The van der Waals surface area contributed by atoms with Crippen LogP contribution in [0.15, 0.2) is 78.9 Å². The van der Waals surface area contributed by atoms with E-state index in [9.17, 15) is 14.7 Å². The predicted octanol–water partition coefficient (Wildman–Crippen LogP) is 6.80. The molecule has 1 aliphatic heterocycles. The second-order valence-corrected chi connectivity index (χ2v) is 14.5. The fourth-order valence-electron chi connectivity index (χ4n) is 8.84. The van der Waals surface area contributed by atoms with E-state index in [1.54, 1.807) is 9.80 Å². The fourth-order valence-corrected chi connectivity index (χ4v) is 8.84. The third-order valence-electron chi connectivity index (χ3n) is 11.3. The number of urea groups is 1. The Labute approximate surface area is 268 Å². The van der Waals surface area contributed by atoms with E-state index in [2.05, 4.69) is 51.2 Å². The fraction of sp³-hybridized carbons (Fsp3) is 0.487. The minimum absolute atomic E-state index is 0.0671. The van der Waals surface area contributed by atoms with Crippen molar-refractivity contribution in [2.45, 2.75) is 96.3 Å². The molecule has 0 unspecified atom stereocenters. The Bertz CT molecular complexity index is 1510. The Morgan fingerprint density at radius 1 is 0.933 bits per heavy atom. The highest BCUT2D eigenvalue weighted by Crippen LogP contribution is 2.57. The topological polar surface area (TPSA) is 72.9 Å². The quantitative estimate of drug-likeness (QED) is 0.281. The van der Waals surface area contributed by atoms with E-state index in [0.29, 0.717) is 31.5 Å². The molecule has 0 aromatic heterocycles. The molecule has 238 valence electrons. The van der Waals surface area contributed by atoms with Crippen LogP contribution >= 0.6 is 0 Å². The molecular weight excluding hydrogens is 558 g/mol. The first-order valence-electron chi connectivity index (χ1n) is 16.8. The van der Waals surface area contributed by atoms with Crippen LogP contribution in [0.4, 0.5) is 4.79 Å². The highest BCUT2D eigenvalue weighted by Gasteiger charge is 2.53. The molecule has 0 radical (unpaired) electrons. The van der Waals surface area contributed by atoms with Crippen molar-refractivity contribution in [1.29, 1.82) is 0 Å². The zero-order valence-electron chi connectivity index (χ0n) is 27.3. The van der Waals surface area contributed by atoms with Crippen LogP contribution in [0.25, 0.3) is 0 Å². The molecule has 2 aliphatic carbocycles. The number of nitrogens with zero attached hydrogens (tertiary/aromatic N) is 2. The number of aliphatic hydroxyl groups is 1. The summed E-state index contributed by atoms with van der Waals surface area (Å²) < 4.78 is 0. The van der Waals surface area contributed by atoms with Gasteiger partial charge < -0.3 is 20.2 Å². The van der Waals surface area contributed by atoms with E-state index in [1.807, 2.05) is 60.7 Å². The molecule has 0 spiro atoms. The third kappa shape index (κ3) is 5.90. The summed E-state index contributed by atoms with van der Waals surface area (Å²) in [5, 5.41) is 14.0. The van der Waals surface area contributed by atoms with Gasteiger partial charge in [-0.15, -0.1) is 0 Å². The smallest absolute Gasteiger partial charge is 0.321 e. The van der Waals surface area contributed by atoms with Crippen molar-refractivity contribution in [3.63, 3.8) is 0 Å². The Kier molecular flexibility index (Phi) is 8.80. The lowest BCUT2D eigenvalue weighted by atomic mass is 9.49. The maximum Gasteiger partial charge on any atom is 0.321 e. The third-order valence-corrected chi connectivity index (χ3v) is 11.3. The molecule has 3 aliphatic rings. The van der Waals surface area contributed by atoms with Gasteiger partial charge in [0.05, 0.1) is 12.6 Å². The van der Waals surface area contributed by atoms with Crippen LogP contribution in [-0.2, 0) is 29.7 Å². The van der Waals surface area contributed by atoms with Crippen LogP contribution in [0.3, 0.4) is 0 Å². The lowest BCUT2D eigenvalue weighted by molar-refractivity contribution is -0.127. The first-order valence-corrected chi connectivity index (χ1v) is 16.8. The van der Waals surface area contributed by atoms with E-state index >= 15 is 0 Å². The number of aryl methyl sites for hydroxylation is 1. The Morgan fingerprint density at radius 2 is 1.58 bits per heavy atom. The Hall–Kier alpha value is -3.64. The zero-order valence-corrected chi connectivity index (χ0v) is 27.3. The van der Waals surface area contributed by atoms with Crippen molar-refractivity contribution in [2.24, 2.45) is 11.3 Å². The Morgan fingerprint density at radius 3 is 2.20 bits per heavy atom. The number of aliphatic hydroxyl groups excluding tert-OH is 1. The standard InChI is InChI=1S/C39H49N3O3/c1-27(2)30-16-18-32-31(22-30)17-19-34-38(3,20-11-21-39(32,34)4)26-40-36(44)35-33(25-43)41(23-28-12-7-5-8-13-28)37(45)42(35)24-29-14-9-6-10-15-29/h5-10,12-16,18,22,27,33-35,43H,11,17,19-21,23-26H2,1-4H3,(H,40,44)/t33-,34-,35-,38-,39+/m1/s1. The van der Waals surface area contributed by atoms with E-state index < -0.39 is 12.1 Å². The zero-order chi connectivity index (χ0) is 31.8. The molecule has 1 heterocycles. The van der Waals surface area contributed by atoms with Crippen molar-refractivity contribution in [2.75, 3.05) is 13.2 Å². The van der Waals surface area contributed by atoms with Crippen molar-refractivity contribution in [1.82, 2.24) is 15.1 Å². The summed E-state index contributed by atoms with van der Waals surface area (Å²) in [6.07, 6.45) is 5.54. The first kappa shape index (κ1) is 31.3. The average molecular weight is 608 g/mol. The highest BCUT2D eigenvalue weighted by molar-refractivity contribution is 5.91. The minimum atomic E-state index is -0.786. The monoisotopic (exact) mass is 607 g/mol. The average Bonchev–Trinajstić information content (AvgIpc) is 3.30. The van der Waals surface area contributed by atoms with Gasteiger partial charge in [-0.1, -0.05) is 113 Å². The number of amides is 3. The van der Waals surface area contributed by atoms with Gasteiger partial charge in [-0.2, -0.15) is 0 Å². The molecule has 6 rings (SSSR count). The molecule has 6 nitrogen and oxygen atoms in total. The van der Waals surface area contributed by atoms with Crippen molar-refractivity contribution in [3.8, 4) is 0 Å². The molecule has 45 heavy (non-hydrogen) atoms. The van der Waals surface area contributed by atoms with E-state index in [0.717, 1.165) is 43.2 Å². The number of rotatable bonds is 9. The van der Waals surface area contributed by atoms with Crippen LogP contribution in [0, 0.1) is 11.3 Å². The molecule has 2 fully saturated rings. The summed E-state index contributed by atoms with van der Waals surface area (Å²) >= 11 is 0. The summed E-state index contributed by atoms with van der Waals surface area (Å²) in [7, 11) is 0. The predicted molar refractivity (Wildman–Crippen MR) is 179 cm³/mol. The molecule has 3 aromatic rings.